The molecule has 1 aromatic carbocycles. The number of aryl methyl sites for hydroxylation is 1. The fourth-order valence-corrected chi connectivity index (χ4v) is 3.13. The number of hydrogen-bond donors (Lipinski definition) is 1. The van der Waals surface area contributed by atoms with Crippen LogP contribution in [-0.2, 0) is 22.6 Å². The van der Waals surface area contributed by atoms with Gasteiger partial charge in [0.25, 0.3) is 0 Å². The maximum Gasteiger partial charge on any atom is 0.227 e. The Hall–Kier alpha value is -2.70. The van der Waals surface area contributed by atoms with Crippen molar-refractivity contribution < 1.29 is 18.5 Å². The average molecular weight is 359 g/mol. The number of amides is 2. The van der Waals surface area contributed by atoms with Crippen molar-refractivity contribution in [2.45, 2.75) is 32.7 Å². The summed E-state index contributed by atoms with van der Waals surface area (Å²) in [6.07, 6.45) is 1.76. The van der Waals surface area contributed by atoms with Crippen LogP contribution in [0.3, 0.4) is 0 Å². The molecule has 1 atom stereocenters. The van der Waals surface area contributed by atoms with Gasteiger partial charge in [0.05, 0.1) is 18.9 Å². The van der Waals surface area contributed by atoms with E-state index in [1.165, 1.54) is 12.1 Å². The lowest BCUT2D eigenvalue weighted by Gasteiger charge is -2.32. The normalized spacial score (nSPS) is 17.2. The Morgan fingerprint density at radius 2 is 2.12 bits per heavy atom. The molecule has 3 rings (SSSR count). The lowest BCUT2D eigenvalue weighted by atomic mass is 9.96. The van der Waals surface area contributed by atoms with Gasteiger partial charge in [-0.05, 0) is 37.5 Å². The Balaban J connectivity index is 1.51. The highest BCUT2D eigenvalue weighted by molar-refractivity contribution is 5.82. The summed E-state index contributed by atoms with van der Waals surface area (Å²) < 4.78 is 17.9. The minimum Gasteiger partial charge on any atom is -0.361 e. The average Bonchev–Trinajstić information content (AvgIpc) is 3.07. The predicted molar refractivity (Wildman–Crippen MR) is 92.5 cm³/mol. The molecule has 6 nitrogen and oxygen atoms in total. The first kappa shape index (κ1) is 18.1. The maximum atomic E-state index is 13.0. The first-order chi connectivity index (χ1) is 12.5. The number of likely N-dealkylation sites (tertiary alicyclic amines) is 1. The molecule has 1 aliphatic heterocycles. The van der Waals surface area contributed by atoms with Crippen LogP contribution in [-0.4, -0.2) is 35.0 Å². The van der Waals surface area contributed by atoms with Gasteiger partial charge in [-0.1, -0.05) is 17.3 Å². The van der Waals surface area contributed by atoms with E-state index in [4.69, 9.17) is 4.52 Å². The summed E-state index contributed by atoms with van der Waals surface area (Å²) in [4.78, 5) is 26.6. The Kier molecular flexibility index (Phi) is 5.65. The number of nitrogens with one attached hydrogen (secondary N) is 1. The Morgan fingerprint density at radius 3 is 2.81 bits per heavy atom. The quantitative estimate of drug-likeness (QED) is 0.888. The van der Waals surface area contributed by atoms with Crippen LogP contribution in [0.15, 0.2) is 34.9 Å². The summed E-state index contributed by atoms with van der Waals surface area (Å²) in [6.45, 7) is 3.16. The van der Waals surface area contributed by atoms with Gasteiger partial charge in [-0.3, -0.25) is 9.59 Å². The fraction of sp³-hybridized carbons (Fsp3) is 0.421. The fourth-order valence-electron chi connectivity index (χ4n) is 3.13. The molecule has 0 bridgehead atoms. The van der Waals surface area contributed by atoms with Crippen LogP contribution in [0.5, 0.6) is 0 Å². The highest BCUT2D eigenvalue weighted by Crippen LogP contribution is 2.18. The lowest BCUT2D eigenvalue weighted by Crippen LogP contribution is -2.45. The van der Waals surface area contributed by atoms with Gasteiger partial charge in [0.15, 0.2) is 0 Å². The number of rotatable bonds is 5. The largest absolute Gasteiger partial charge is 0.361 e. The number of benzene rings is 1. The van der Waals surface area contributed by atoms with E-state index >= 15 is 0 Å². The van der Waals surface area contributed by atoms with Crippen molar-refractivity contribution in [2.75, 3.05) is 13.1 Å². The minimum atomic E-state index is -0.321. The van der Waals surface area contributed by atoms with Crippen molar-refractivity contribution in [3.05, 3.63) is 53.2 Å². The van der Waals surface area contributed by atoms with Crippen LogP contribution in [0.1, 0.15) is 29.9 Å². The first-order valence-electron chi connectivity index (χ1n) is 8.73. The SMILES string of the molecule is Cc1cc(CNC(=O)C2CCCN(C(=O)Cc3ccc(F)cc3)C2)no1. The number of nitrogens with zero attached hydrogens (tertiary/aromatic N) is 2. The molecule has 0 saturated carbocycles. The van der Waals surface area contributed by atoms with E-state index in [-0.39, 0.29) is 30.0 Å². The molecule has 1 aromatic heterocycles. The third-order valence-corrected chi connectivity index (χ3v) is 4.53. The molecule has 1 unspecified atom stereocenters. The van der Waals surface area contributed by atoms with E-state index < -0.39 is 0 Å². The van der Waals surface area contributed by atoms with E-state index in [2.05, 4.69) is 10.5 Å². The molecule has 0 spiro atoms. The smallest absolute Gasteiger partial charge is 0.227 e. The van der Waals surface area contributed by atoms with E-state index in [1.807, 2.05) is 0 Å². The topological polar surface area (TPSA) is 75.4 Å². The molecule has 1 aliphatic rings. The van der Waals surface area contributed by atoms with Crippen molar-refractivity contribution in [2.24, 2.45) is 5.92 Å². The zero-order chi connectivity index (χ0) is 18.5. The Bertz CT molecular complexity index is 773. The van der Waals surface area contributed by atoms with Gasteiger partial charge >= 0.3 is 0 Å². The molecule has 138 valence electrons. The Morgan fingerprint density at radius 1 is 1.35 bits per heavy atom. The number of carbonyl (C=O) groups excluding carboxylic acids is 2. The third kappa shape index (κ3) is 4.68. The standard InChI is InChI=1S/C19H22FN3O3/c1-13-9-17(22-26-13)11-21-19(25)15-3-2-8-23(12-15)18(24)10-14-4-6-16(20)7-5-14/h4-7,9,15H,2-3,8,10-12H2,1H3,(H,21,25). The van der Waals surface area contributed by atoms with Crippen molar-refractivity contribution in [3.63, 3.8) is 0 Å². The first-order valence-corrected chi connectivity index (χ1v) is 8.73. The van der Waals surface area contributed by atoms with Crippen LogP contribution in [0.4, 0.5) is 4.39 Å². The molecule has 0 aliphatic carbocycles. The third-order valence-electron chi connectivity index (χ3n) is 4.53. The highest BCUT2D eigenvalue weighted by Gasteiger charge is 2.28. The zero-order valence-corrected chi connectivity index (χ0v) is 14.7. The maximum absolute atomic E-state index is 13.0. The van der Waals surface area contributed by atoms with Crippen LogP contribution >= 0.6 is 0 Å². The van der Waals surface area contributed by atoms with Gasteiger partial charge in [0.2, 0.25) is 11.8 Å². The molecule has 2 amide bonds. The summed E-state index contributed by atoms with van der Waals surface area (Å²) in [7, 11) is 0. The van der Waals surface area contributed by atoms with Gasteiger partial charge in [0, 0.05) is 19.2 Å². The van der Waals surface area contributed by atoms with Crippen molar-refractivity contribution in [1.29, 1.82) is 0 Å². The molecule has 1 fully saturated rings. The van der Waals surface area contributed by atoms with Gasteiger partial charge in [-0.2, -0.15) is 0 Å². The number of aromatic nitrogens is 1. The summed E-state index contributed by atoms with van der Waals surface area (Å²) in [5.41, 5.74) is 1.44. The monoisotopic (exact) mass is 359 g/mol. The van der Waals surface area contributed by atoms with E-state index in [1.54, 1.807) is 30.0 Å². The summed E-state index contributed by atoms with van der Waals surface area (Å²) in [5, 5.41) is 6.70. The van der Waals surface area contributed by atoms with E-state index in [9.17, 15) is 14.0 Å². The van der Waals surface area contributed by atoms with E-state index in [0.29, 0.717) is 31.1 Å². The van der Waals surface area contributed by atoms with Gasteiger partial charge in [0.1, 0.15) is 17.3 Å². The second-order valence-electron chi connectivity index (χ2n) is 6.63. The minimum absolute atomic E-state index is 0.0405. The van der Waals surface area contributed by atoms with Crippen LogP contribution in [0.2, 0.25) is 0 Å². The molecule has 1 saturated heterocycles. The van der Waals surface area contributed by atoms with Crippen molar-refractivity contribution in [3.8, 4) is 0 Å². The molecular formula is C19H22FN3O3. The second-order valence-corrected chi connectivity index (χ2v) is 6.63. The lowest BCUT2D eigenvalue weighted by molar-refractivity contribution is -0.135. The van der Waals surface area contributed by atoms with Crippen molar-refractivity contribution >= 4 is 11.8 Å². The van der Waals surface area contributed by atoms with Crippen LogP contribution < -0.4 is 5.32 Å². The second kappa shape index (κ2) is 8.12. The van der Waals surface area contributed by atoms with Crippen LogP contribution in [0, 0.1) is 18.7 Å². The summed E-state index contributed by atoms with van der Waals surface area (Å²) in [6, 6.07) is 7.70. The Labute approximate surface area is 151 Å². The van der Waals surface area contributed by atoms with Gasteiger partial charge in [-0.15, -0.1) is 0 Å². The molecule has 26 heavy (non-hydrogen) atoms. The van der Waals surface area contributed by atoms with Gasteiger partial charge < -0.3 is 14.7 Å². The summed E-state index contributed by atoms with van der Waals surface area (Å²) in [5.74, 6) is 0.0304. The molecular weight excluding hydrogens is 337 g/mol. The molecule has 7 heteroatoms. The highest BCUT2D eigenvalue weighted by atomic mass is 19.1. The zero-order valence-electron chi connectivity index (χ0n) is 14.7. The molecule has 2 heterocycles. The molecule has 0 radical (unpaired) electrons. The number of halogens is 1. The predicted octanol–water partition coefficient (Wildman–Crippen LogP) is 2.22. The van der Waals surface area contributed by atoms with Crippen LogP contribution in [0.25, 0.3) is 0 Å². The molecule has 2 aromatic rings. The summed E-state index contributed by atoms with van der Waals surface area (Å²) >= 11 is 0. The number of carbonyl (C=O) groups is 2. The van der Waals surface area contributed by atoms with E-state index in [0.717, 1.165) is 18.4 Å². The number of piperidine rings is 1. The molecule has 1 N–H and O–H groups in total. The van der Waals surface area contributed by atoms with Crippen molar-refractivity contribution in [1.82, 2.24) is 15.4 Å². The van der Waals surface area contributed by atoms with Gasteiger partial charge in [-0.25, -0.2) is 4.39 Å². The number of hydrogen-bond acceptors (Lipinski definition) is 4.